The summed E-state index contributed by atoms with van der Waals surface area (Å²) in [7, 11) is 0. The Balaban J connectivity index is 1.37. The first-order chi connectivity index (χ1) is 24.7. The molecule has 0 unspecified atom stereocenters. The first-order valence-corrected chi connectivity index (χ1v) is 17.9. The molecule has 14 heteroatoms. The average Bonchev–Trinajstić information content (AvgIpc) is 3.57. The van der Waals surface area contributed by atoms with Crippen LogP contribution >= 0.6 is 0 Å². The molecule has 1 aromatic rings. The van der Waals surface area contributed by atoms with Crippen LogP contribution in [-0.4, -0.2) is 153 Å². The van der Waals surface area contributed by atoms with Crippen molar-refractivity contribution in [2.75, 3.05) is 125 Å². The van der Waals surface area contributed by atoms with Crippen LogP contribution in [0.1, 0.15) is 30.9 Å². The maximum atomic E-state index is 13.7. The molecule has 0 spiro atoms. The molecule has 0 aliphatic carbocycles. The Morgan fingerprint density at radius 2 is 1.51 bits per heavy atom. The minimum Gasteiger partial charge on any atom is -0.379 e. The summed E-state index contributed by atoms with van der Waals surface area (Å²) in [5, 5.41) is 15.5. The summed E-state index contributed by atoms with van der Waals surface area (Å²) in [6.07, 6.45) is 2.42. The van der Waals surface area contributed by atoms with Crippen molar-refractivity contribution >= 4 is 18.2 Å². The first-order valence-electron chi connectivity index (χ1n) is 17.9. The zero-order valence-corrected chi connectivity index (χ0v) is 30.6. The second-order valence-electron chi connectivity index (χ2n) is 13.3. The number of nitrogens with zero attached hydrogens (tertiary/aromatic N) is 3. The Labute approximate surface area is 302 Å². The largest absolute Gasteiger partial charge is 0.379 e. The molecule has 14 nitrogen and oxygen atoms in total. The van der Waals surface area contributed by atoms with E-state index in [0.717, 1.165) is 24.2 Å². The minimum atomic E-state index is -0.462. The topological polar surface area (TPSA) is 161 Å². The number of ether oxygens (including phenoxy) is 6. The van der Waals surface area contributed by atoms with Crippen molar-refractivity contribution in [3.63, 3.8) is 0 Å². The van der Waals surface area contributed by atoms with Gasteiger partial charge in [0.2, 0.25) is 12.3 Å². The van der Waals surface area contributed by atoms with E-state index in [1.54, 1.807) is 11.0 Å². The fourth-order valence-corrected chi connectivity index (χ4v) is 6.11. The highest BCUT2D eigenvalue weighted by Gasteiger charge is 2.41. The van der Waals surface area contributed by atoms with Crippen LogP contribution in [0.2, 0.25) is 0 Å². The summed E-state index contributed by atoms with van der Waals surface area (Å²) in [5.74, 6) is -1.15. The van der Waals surface area contributed by atoms with Crippen molar-refractivity contribution in [2.45, 2.75) is 26.7 Å². The van der Waals surface area contributed by atoms with Crippen molar-refractivity contribution in [1.82, 2.24) is 20.4 Å². The van der Waals surface area contributed by atoms with Gasteiger partial charge >= 0.3 is 0 Å². The Morgan fingerprint density at radius 1 is 0.922 bits per heavy atom. The van der Waals surface area contributed by atoms with Crippen molar-refractivity contribution in [1.29, 1.82) is 5.26 Å². The van der Waals surface area contributed by atoms with Gasteiger partial charge in [0.15, 0.2) is 0 Å². The van der Waals surface area contributed by atoms with E-state index in [4.69, 9.17) is 28.4 Å². The van der Waals surface area contributed by atoms with E-state index in [2.05, 4.69) is 27.7 Å². The van der Waals surface area contributed by atoms with Gasteiger partial charge < -0.3 is 44.0 Å². The lowest BCUT2D eigenvalue weighted by Crippen LogP contribution is -2.41. The highest BCUT2D eigenvalue weighted by Crippen LogP contribution is 2.34. The standard InChI is InChI=1S/C37H57N5O9/c1-30-5-4-6-31(23-30)33-26-42(36(45)32(25-38)24-37(2,3)28-41-9-13-48-14-10-41)27-34(33)35(44)40-8-12-47-16-18-50-20-22-51-21-19-49-17-15-46-11-7-39-29-43/h4-6,23-24,29,33-34H,7-22,26-28H2,1-3H3,(H,39,43)(H,40,44)/b32-24+/t33-,34+/m0/s1. The molecule has 2 N–H and O–H groups in total. The molecular weight excluding hydrogens is 658 g/mol. The third kappa shape index (κ3) is 16.2. The summed E-state index contributed by atoms with van der Waals surface area (Å²) in [6.45, 7) is 15.4. The SMILES string of the molecule is Cc1cccc([C@@H]2CN(C(=O)/C(C#N)=C/C(C)(C)CN3CCOCC3)C[C@H]2C(=O)NCCOCCOCCOCCOCCOCCNC=O)c1. The van der Waals surface area contributed by atoms with Crippen LogP contribution in [0, 0.1) is 29.6 Å². The average molecular weight is 716 g/mol. The van der Waals surface area contributed by atoms with Gasteiger partial charge in [-0.05, 0) is 17.9 Å². The highest BCUT2D eigenvalue weighted by atomic mass is 16.6. The molecule has 0 aromatic heterocycles. The van der Waals surface area contributed by atoms with Crippen LogP contribution in [0.15, 0.2) is 35.9 Å². The van der Waals surface area contributed by atoms with Crippen LogP contribution in [0.25, 0.3) is 0 Å². The number of hydrogen-bond donors (Lipinski definition) is 2. The van der Waals surface area contributed by atoms with Gasteiger partial charge in [-0.2, -0.15) is 5.26 Å². The molecule has 2 aliphatic rings. The van der Waals surface area contributed by atoms with E-state index in [-0.39, 0.29) is 29.9 Å². The lowest BCUT2D eigenvalue weighted by molar-refractivity contribution is -0.127. The summed E-state index contributed by atoms with van der Waals surface area (Å²) in [4.78, 5) is 41.3. The molecule has 284 valence electrons. The third-order valence-electron chi connectivity index (χ3n) is 8.54. The molecule has 3 amide bonds. The molecule has 0 bridgehead atoms. The van der Waals surface area contributed by atoms with Crippen molar-refractivity contribution in [3.05, 3.63) is 47.0 Å². The van der Waals surface area contributed by atoms with Crippen LogP contribution in [0.5, 0.6) is 0 Å². The normalized spacial score (nSPS) is 18.4. The Hall–Kier alpha value is -3.42. The van der Waals surface area contributed by atoms with Crippen LogP contribution in [0.3, 0.4) is 0 Å². The number of nitriles is 1. The van der Waals surface area contributed by atoms with E-state index in [0.29, 0.717) is 112 Å². The Bertz CT molecular complexity index is 1270. The zero-order chi connectivity index (χ0) is 36.7. The van der Waals surface area contributed by atoms with Gasteiger partial charge in [-0.3, -0.25) is 19.3 Å². The van der Waals surface area contributed by atoms with Crippen LogP contribution < -0.4 is 10.6 Å². The maximum Gasteiger partial charge on any atom is 0.264 e. The molecule has 2 atom stereocenters. The summed E-state index contributed by atoms with van der Waals surface area (Å²) < 4.78 is 32.8. The van der Waals surface area contributed by atoms with Gasteiger partial charge in [-0.25, -0.2) is 0 Å². The molecule has 51 heavy (non-hydrogen) atoms. The predicted molar refractivity (Wildman–Crippen MR) is 190 cm³/mol. The van der Waals surface area contributed by atoms with Gasteiger partial charge in [0, 0.05) is 51.7 Å². The molecule has 0 saturated carbocycles. The number of nitrogens with one attached hydrogen (secondary N) is 2. The number of amides is 3. The Kier molecular flexibility index (Phi) is 19.7. The lowest BCUT2D eigenvalue weighted by Gasteiger charge is -2.33. The quantitative estimate of drug-likeness (QED) is 0.0650. The summed E-state index contributed by atoms with van der Waals surface area (Å²) in [5.41, 5.74) is 1.78. The molecule has 3 rings (SSSR count). The van der Waals surface area contributed by atoms with Gasteiger partial charge in [0.1, 0.15) is 11.6 Å². The number of carbonyl (C=O) groups is 3. The van der Waals surface area contributed by atoms with Crippen LogP contribution in [0.4, 0.5) is 0 Å². The predicted octanol–water partition coefficient (Wildman–Crippen LogP) is 1.29. The molecule has 1 aromatic carbocycles. The van der Waals surface area contributed by atoms with E-state index >= 15 is 0 Å². The van der Waals surface area contributed by atoms with Crippen molar-refractivity contribution in [2.24, 2.45) is 11.3 Å². The molecule has 2 aliphatic heterocycles. The van der Waals surface area contributed by atoms with E-state index < -0.39 is 11.3 Å². The van der Waals surface area contributed by atoms with Crippen molar-refractivity contribution < 1.29 is 42.8 Å². The molecule has 0 radical (unpaired) electrons. The second kappa shape index (κ2) is 23.9. The minimum absolute atomic E-state index is 0.105. The van der Waals surface area contributed by atoms with Gasteiger partial charge in [-0.1, -0.05) is 49.8 Å². The number of aryl methyl sites for hydroxylation is 1. The van der Waals surface area contributed by atoms with Gasteiger partial charge in [0.05, 0.1) is 85.2 Å². The van der Waals surface area contributed by atoms with Crippen molar-refractivity contribution in [3.8, 4) is 6.07 Å². The summed E-state index contributed by atoms with van der Waals surface area (Å²) in [6, 6.07) is 10.2. The Morgan fingerprint density at radius 3 is 2.08 bits per heavy atom. The fourth-order valence-electron chi connectivity index (χ4n) is 6.11. The fraction of sp³-hybridized carbons (Fsp3) is 0.676. The second-order valence-corrected chi connectivity index (χ2v) is 13.3. The van der Waals surface area contributed by atoms with E-state index in [1.807, 2.05) is 39.0 Å². The number of benzene rings is 1. The number of carbonyl (C=O) groups excluding carboxylic acids is 3. The number of hydrogen-bond acceptors (Lipinski definition) is 11. The molecule has 2 saturated heterocycles. The third-order valence-corrected chi connectivity index (χ3v) is 8.54. The smallest absolute Gasteiger partial charge is 0.264 e. The van der Waals surface area contributed by atoms with E-state index in [1.165, 1.54) is 0 Å². The molecular formula is C37H57N5O9. The molecule has 2 heterocycles. The number of rotatable bonds is 25. The first kappa shape index (κ1) is 42.0. The van der Waals surface area contributed by atoms with Gasteiger partial charge in [0.25, 0.3) is 5.91 Å². The van der Waals surface area contributed by atoms with Crippen LogP contribution in [-0.2, 0) is 42.8 Å². The number of likely N-dealkylation sites (tertiary alicyclic amines) is 1. The van der Waals surface area contributed by atoms with Gasteiger partial charge in [-0.15, -0.1) is 0 Å². The van der Waals surface area contributed by atoms with E-state index in [9.17, 15) is 19.6 Å². The lowest BCUT2D eigenvalue weighted by atomic mass is 9.87. The monoisotopic (exact) mass is 715 g/mol. The summed E-state index contributed by atoms with van der Waals surface area (Å²) >= 11 is 0. The zero-order valence-electron chi connectivity index (χ0n) is 30.6. The maximum absolute atomic E-state index is 13.7. The number of morpholine rings is 1. The molecule has 2 fully saturated rings. The highest BCUT2D eigenvalue weighted by molar-refractivity contribution is 5.98.